The summed E-state index contributed by atoms with van der Waals surface area (Å²) in [7, 11) is 0. The van der Waals surface area contributed by atoms with Crippen LogP contribution in [0.1, 0.15) is 33.6 Å². The molecule has 1 amide bonds. The fourth-order valence-electron chi connectivity index (χ4n) is 2.16. The summed E-state index contributed by atoms with van der Waals surface area (Å²) in [4.78, 5) is 11.9. The van der Waals surface area contributed by atoms with Crippen molar-refractivity contribution in [3.63, 3.8) is 0 Å². The molecule has 3 unspecified atom stereocenters. The quantitative estimate of drug-likeness (QED) is 0.692. The predicted octanol–water partition coefficient (Wildman–Crippen LogP) is 0.931. The number of carbonyl (C=O) groups excluding carboxylic acids is 1. The van der Waals surface area contributed by atoms with Gasteiger partial charge >= 0.3 is 0 Å². The topological polar surface area (TPSA) is 61.4 Å². The van der Waals surface area contributed by atoms with Crippen molar-refractivity contribution in [3.8, 4) is 0 Å². The molecule has 1 rings (SSSR count). The number of halogens is 1. The van der Waals surface area contributed by atoms with Gasteiger partial charge < -0.3 is 15.7 Å². The lowest BCUT2D eigenvalue weighted by atomic mass is 9.88. The minimum absolute atomic E-state index is 0. The zero-order chi connectivity index (χ0) is 12.2. The third-order valence-corrected chi connectivity index (χ3v) is 3.27. The van der Waals surface area contributed by atoms with E-state index < -0.39 is 0 Å². The van der Waals surface area contributed by atoms with E-state index >= 15 is 0 Å². The van der Waals surface area contributed by atoms with Gasteiger partial charge in [-0.15, -0.1) is 12.4 Å². The minimum Gasteiger partial charge on any atom is -0.393 e. The van der Waals surface area contributed by atoms with E-state index in [0.29, 0.717) is 12.5 Å². The molecule has 5 heteroatoms. The number of hydrogen-bond acceptors (Lipinski definition) is 3. The van der Waals surface area contributed by atoms with Crippen molar-refractivity contribution < 1.29 is 9.90 Å². The standard InChI is InChI=1S/C12H24N2O2.ClH/c1-9(6-10(2)15)7-14-11(16)12(3)4-5-13-8-12;/h9-10,13,15H,4-8H2,1-3H3,(H,14,16);1H. The largest absolute Gasteiger partial charge is 0.393 e. The van der Waals surface area contributed by atoms with Gasteiger partial charge in [0, 0.05) is 13.1 Å². The summed E-state index contributed by atoms with van der Waals surface area (Å²) < 4.78 is 0. The van der Waals surface area contributed by atoms with E-state index in [2.05, 4.69) is 10.6 Å². The predicted molar refractivity (Wildman–Crippen MR) is 71.3 cm³/mol. The smallest absolute Gasteiger partial charge is 0.227 e. The average molecular weight is 265 g/mol. The number of amides is 1. The fraction of sp³-hybridized carbons (Fsp3) is 0.917. The van der Waals surface area contributed by atoms with Crippen molar-refractivity contribution in [1.29, 1.82) is 0 Å². The highest BCUT2D eigenvalue weighted by molar-refractivity contribution is 5.85. The van der Waals surface area contributed by atoms with Crippen molar-refractivity contribution in [1.82, 2.24) is 10.6 Å². The SMILES string of the molecule is CC(O)CC(C)CNC(=O)C1(C)CCNC1.Cl. The molecule has 0 aromatic carbocycles. The number of hydrogen-bond donors (Lipinski definition) is 3. The second kappa shape index (κ2) is 7.19. The van der Waals surface area contributed by atoms with Gasteiger partial charge in [-0.1, -0.05) is 6.92 Å². The molecule has 0 aromatic rings. The van der Waals surface area contributed by atoms with Crippen LogP contribution in [0, 0.1) is 11.3 Å². The Labute approximate surface area is 110 Å². The summed E-state index contributed by atoms with van der Waals surface area (Å²) >= 11 is 0. The Hall–Kier alpha value is -0.320. The highest BCUT2D eigenvalue weighted by atomic mass is 35.5. The van der Waals surface area contributed by atoms with Crippen molar-refractivity contribution in [3.05, 3.63) is 0 Å². The van der Waals surface area contributed by atoms with Crippen molar-refractivity contribution in [2.75, 3.05) is 19.6 Å². The Morgan fingerprint density at radius 2 is 2.18 bits per heavy atom. The van der Waals surface area contributed by atoms with E-state index in [9.17, 15) is 9.90 Å². The van der Waals surface area contributed by atoms with Gasteiger partial charge in [-0.05, 0) is 39.2 Å². The van der Waals surface area contributed by atoms with Gasteiger partial charge in [0.15, 0.2) is 0 Å². The van der Waals surface area contributed by atoms with Crippen molar-refractivity contribution >= 4 is 18.3 Å². The first-order valence-corrected chi connectivity index (χ1v) is 6.11. The van der Waals surface area contributed by atoms with Gasteiger partial charge in [-0.25, -0.2) is 0 Å². The van der Waals surface area contributed by atoms with Crippen LogP contribution in [0.25, 0.3) is 0 Å². The molecule has 0 saturated carbocycles. The van der Waals surface area contributed by atoms with Crippen LogP contribution in [0.2, 0.25) is 0 Å². The Kier molecular flexibility index (Phi) is 7.05. The molecule has 1 heterocycles. The van der Waals surface area contributed by atoms with E-state index in [1.54, 1.807) is 6.92 Å². The molecule has 4 nitrogen and oxygen atoms in total. The summed E-state index contributed by atoms with van der Waals surface area (Å²) in [6.07, 6.45) is 1.34. The van der Waals surface area contributed by atoms with Crippen LogP contribution in [0.15, 0.2) is 0 Å². The van der Waals surface area contributed by atoms with Gasteiger partial charge in [0.2, 0.25) is 5.91 Å². The molecule has 3 atom stereocenters. The third kappa shape index (κ3) is 5.23. The normalized spacial score (nSPS) is 27.1. The Morgan fingerprint density at radius 3 is 2.65 bits per heavy atom. The van der Waals surface area contributed by atoms with Gasteiger partial charge in [-0.2, -0.15) is 0 Å². The minimum atomic E-state index is -0.296. The molecule has 1 fully saturated rings. The number of rotatable bonds is 5. The Morgan fingerprint density at radius 1 is 1.53 bits per heavy atom. The Balaban J connectivity index is 0.00000256. The second-order valence-corrected chi connectivity index (χ2v) is 5.39. The molecular formula is C12H25ClN2O2. The molecule has 0 aliphatic carbocycles. The molecule has 17 heavy (non-hydrogen) atoms. The lowest BCUT2D eigenvalue weighted by Crippen LogP contribution is -2.42. The summed E-state index contributed by atoms with van der Waals surface area (Å²) in [6.45, 7) is 8.17. The maximum Gasteiger partial charge on any atom is 0.227 e. The van der Waals surface area contributed by atoms with E-state index in [0.717, 1.165) is 25.9 Å². The number of nitrogens with one attached hydrogen (secondary N) is 2. The summed E-state index contributed by atoms with van der Waals surface area (Å²) in [5.74, 6) is 0.455. The van der Waals surface area contributed by atoms with Gasteiger partial charge in [-0.3, -0.25) is 4.79 Å². The van der Waals surface area contributed by atoms with Crippen LogP contribution in [0.3, 0.4) is 0 Å². The molecule has 0 radical (unpaired) electrons. The monoisotopic (exact) mass is 264 g/mol. The van der Waals surface area contributed by atoms with Gasteiger partial charge in [0.25, 0.3) is 0 Å². The third-order valence-electron chi connectivity index (χ3n) is 3.27. The molecular weight excluding hydrogens is 240 g/mol. The van der Waals surface area contributed by atoms with Crippen LogP contribution < -0.4 is 10.6 Å². The zero-order valence-corrected chi connectivity index (χ0v) is 11.8. The second-order valence-electron chi connectivity index (χ2n) is 5.39. The Bertz CT molecular complexity index is 241. The summed E-state index contributed by atoms with van der Waals surface area (Å²) in [6, 6.07) is 0. The van der Waals surface area contributed by atoms with Crippen LogP contribution in [-0.2, 0) is 4.79 Å². The number of carbonyl (C=O) groups is 1. The van der Waals surface area contributed by atoms with Crippen LogP contribution in [-0.4, -0.2) is 36.8 Å². The van der Waals surface area contributed by atoms with Crippen molar-refractivity contribution in [2.24, 2.45) is 11.3 Å². The molecule has 102 valence electrons. The van der Waals surface area contributed by atoms with E-state index in [-0.39, 0.29) is 29.8 Å². The molecule has 0 spiro atoms. The van der Waals surface area contributed by atoms with Crippen LogP contribution in [0.5, 0.6) is 0 Å². The molecule has 1 aliphatic rings. The summed E-state index contributed by atoms with van der Waals surface area (Å²) in [5.41, 5.74) is -0.245. The van der Waals surface area contributed by atoms with Crippen LogP contribution >= 0.6 is 12.4 Å². The maximum atomic E-state index is 11.9. The zero-order valence-electron chi connectivity index (χ0n) is 11.0. The average Bonchev–Trinajstić information content (AvgIpc) is 2.62. The van der Waals surface area contributed by atoms with Crippen LogP contribution in [0.4, 0.5) is 0 Å². The molecule has 1 aliphatic heterocycles. The van der Waals surface area contributed by atoms with Gasteiger partial charge in [0.05, 0.1) is 11.5 Å². The lowest BCUT2D eigenvalue weighted by Gasteiger charge is -2.23. The first-order chi connectivity index (χ1) is 7.44. The molecule has 1 saturated heterocycles. The first kappa shape index (κ1) is 16.7. The number of aliphatic hydroxyl groups is 1. The number of aliphatic hydroxyl groups excluding tert-OH is 1. The molecule has 0 bridgehead atoms. The highest BCUT2D eigenvalue weighted by Gasteiger charge is 2.36. The highest BCUT2D eigenvalue weighted by Crippen LogP contribution is 2.24. The maximum absolute atomic E-state index is 11.9. The fourth-order valence-corrected chi connectivity index (χ4v) is 2.16. The molecule has 0 aromatic heterocycles. The first-order valence-electron chi connectivity index (χ1n) is 6.11. The van der Waals surface area contributed by atoms with E-state index in [1.807, 2.05) is 13.8 Å². The molecule has 3 N–H and O–H groups in total. The van der Waals surface area contributed by atoms with Gasteiger partial charge in [0.1, 0.15) is 0 Å². The van der Waals surface area contributed by atoms with E-state index in [4.69, 9.17) is 0 Å². The summed E-state index contributed by atoms with van der Waals surface area (Å²) in [5, 5.41) is 15.4. The van der Waals surface area contributed by atoms with E-state index in [1.165, 1.54) is 0 Å². The van der Waals surface area contributed by atoms with Crippen molar-refractivity contribution in [2.45, 2.75) is 39.7 Å². The lowest BCUT2D eigenvalue weighted by molar-refractivity contribution is -0.129.